The number of rotatable bonds is 2. The lowest BCUT2D eigenvalue weighted by Gasteiger charge is -2.31. The zero-order valence-electron chi connectivity index (χ0n) is 14.6. The van der Waals surface area contributed by atoms with Crippen LogP contribution in [0.25, 0.3) is 10.2 Å². The van der Waals surface area contributed by atoms with E-state index in [4.69, 9.17) is 14.5 Å². The van der Waals surface area contributed by atoms with Gasteiger partial charge in [-0.2, -0.15) is 0 Å². The number of hydrogen-bond donors (Lipinski definition) is 1. The van der Waals surface area contributed by atoms with Gasteiger partial charge < -0.3 is 19.5 Å². The molecule has 6 nitrogen and oxygen atoms in total. The summed E-state index contributed by atoms with van der Waals surface area (Å²) in [4.78, 5) is 19.4. The quantitative estimate of drug-likeness (QED) is 0.731. The highest BCUT2D eigenvalue weighted by atomic mass is 32.1. The van der Waals surface area contributed by atoms with Gasteiger partial charge >= 0.3 is 0 Å². The summed E-state index contributed by atoms with van der Waals surface area (Å²) in [5.41, 5.74) is 1.30. The molecule has 27 heavy (non-hydrogen) atoms. The number of thiazole rings is 1. The van der Waals surface area contributed by atoms with Crippen molar-refractivity contribution in [2.75, 3.05) is 19.9 Å². The molecule has 1 N–H and O–H groups in total. The molecule has 1 amide bonds. The van der Waals surface area contributed by atoms with E-state index >= 15 is 0 Å². The topological polar surface area (TPSA) is 71.9 Å². The van der Waals surface area contributed by atoms with Crippen LogP contribution in [0.15, 0.2) is 36.4 Å². The molecule has 0 atom stereocenters. The van der Waals surface area contributed by atoms with Gasteiger partial charge in [0.1, 0.15) is 5.75 Å². The van der Waals surface area contributed by atoms with Crippen LogP contribution in [0.3, 0.4) is 0 Å². The SMILES string of the molecule is O=C(c1cc2c(cc1O)OCO2)N1CCC(c2nc3ccccc3s2)CC1. The molecule has 0 spiro atoms. The van der Waals surface area contributed by atoms with E-state index < -0.39 is 0 Å². The van der Waals surface area contributed by atoms with Gasteiger partial charge in [0.15, 0.2) is 11.5 Å². The van der Waals surface area contributed by atoms with Crippen LogP contribution in [0.5, 0.6) is 17.2 Å². The minimum absolute atomic E-state index is 0.0717. The maximum absolute atomic E-state index is 12.9. The third-order valence-electron chi connectivity index (χ3n) is 5.16. The van der Waals surface area contributed by atoms with Crippen molar-refractivity contribution in [2.24, 2.45) is 0 Å². The molecule has 0 saturated carbocycles. The second kappa shape index (κ2) is 6.42. The van der Waals surface area contributed by atoms with Gasteiger partial charge in [-0.1, -0.05) is 12.1 Å². The number of benzene rings is 2. The predicted octanol–water partition coefficient (Wildman–Crippen LogP) is 3.75. The van der Waals surface area contributed by atoms with Gasteiger partial charge in [-0.25, -0.2) is 4.98 Å². The van der Waals surface area contributed by atoms with E-state index in [2.05, 4.69) is 6.07 Å². The highest BCUT2D eigenvalue weighted by Gasteiger charge is 2.29. The summed E-state index contributed by atoms with van der Waals surface area (Å²) in [6.45, 7) is 1.40. The molecule has 5 rings (SSSR count). The Labute approximate surface area is 160 Å². The number of phenols is 1. The summed E-state index contributed by atoms with van der Waals surface area (Å²) in [5.74, 6) is 1.10. The minimum Gasteiger partial charge on any atom is -0.507 e. The lowest BCUT2D eigenvalue weighted by Crippen LogP contribution is -2.37. The van der Waals surface area contributed by atoms with Crippen molar-refractivity contribution in [3.8, 4) is 17.2 Å². The highest BCUT2D eigenvalue weighted by molar-refractivity contribution is 7.18. The number of ether oxygens (including phenoxy) is 2. The van der Waals surface area contributed by atoms with Gasteiger partial charge in [0.05, 0.1) is 20.8 Å². The molecular formula is C20H18N2O4S. The van der Waals surface area contributed by atoms with Gasteiger partial charge in [0, 0.05) is 31.1 Å². The number of hydrogen-bond acceptors (Lipinski definition) is 6. The molecule has 1 aromatic heterocycles. The van der Waals surface area contributed by atoms with E-state index in [0.717, 1.165) is 23.4 Å². The Kier molecular flexibility index (Phi) is 3.89. The summed E-state index contributed by atoms with van der Waals surface area (Å²) < 4.78 is 11.8. The van der Waals surface area contributed by atoms with Crippen LogP contribution < -0.4 is 9.47 Å². The Morgan fingerprint density at radius 1 is 1.15 bits per heavy atom. The summed E-state index contributed by atoms with van der Waals surface area (Å²) in [5, 5.41) is 11.3. The maximum atomic E-state index is 12.9. The number of fused-ring (bicyclic) bond motifs is 2. The second-order valence-corrected chi connectivity index (χ2v) is 7.87. The monoisotopic (exact) mass is 382 g/mol. The van der Waals surface area contributed by atoms with Crippen molar-refractivity contribution in [1.29, 1.82) is 0 Å². The van der Waals surface area contributed by atoms with E-state index in [9.17, 15) is 9.90 Å². The largest absolute Gasteiger partial charge is 0.507 e. The molecule has 3 aromatic rings. The third-order valence-corrected chi connectivity index (χ3v) is 6.36. The lowest BCUT2D eigenvalue weighted by molar-refractivity contribution is 0.0709. The van der Waals surface area contributed by atoms with Gasteiger partial charge in [-0.05, 0) is 25.0 Å². The summed E-state index contributed by atoms with van der Waals surface area (Å²) >= 11 is 1.74. The molecule has 7 heteroatoms. The number of aromatic hydroxyl groups is 1. The number of likely N-dealkylation sites (tertiary alicyclic amines) is 1. The number of para-hydroxylation sites is 1. The Bertz CT molecular complexity index is 991. The molecule has 2 aliphatic heterocycles. The fourth-order valence-electron chi connectivity index (χ4n) is 3.67. The number of piperidine rings is 1. The first-order valence-electron chi connectivity index (χ1n) is 8.96. The summed E-state index contributed by atoms with van der Waals surface area (Å²) in [7, 11) is 0. The van der Waals surface area contributed by atoms with Crippen molar-refractivity contribution < 1.29 is 19.4 Å². The average Bonchev–Trinajstić information content (AvgIpc) is 3.33. The second-order valence-electron chi connectivity index (χ2n) is 6.81. The van der Waals surface area contributed by atoms with Crippen LogP contribution in [-0.2, 0) is 0 Å². The van der Waals surface area contributed by atoms with Crippen LogP contribution in [-0.4, -0.2) is 40.8 Å². The van der Waals surface area contributed by atoms with Crippen molar-refractivity contribution in [1.82, 2.24) is 9.88 Å². The van der Waals surface area contributed by atoms with E-state index in [-0.39, 0.29) is 24.0 Å². The molecule has 3 heterocycles. The Hall–Kier alpha value is -2.80. The summed E-state index contributed by atoms with van der Waals surface area (Å²) in [6.07, 6.45) is 1.74. The first kappa shape index (κ1) is 16.4. The van der Waals surface area contributed by atoms with E-state index in [1.165, 1.54) is 10.8 Å². The summed E-state index contributed by atoms with van der Waals surface area (Å²) in [6, 6.07) is 11.2. The van der Waals surface area contributed by atoms with Crippen molar-refractivity contribution >= 4 is 27.5 Å². The zero-order chi connectivity index (χ0) is 18.4. The van der Waals surface area contributed by atoms with Gasteiger partial charge in [0.25, 0.3) is 5.91 Å². The predicted molar refractivity (Wildman–Crippen MR) is 102 cm³/mol. The van der Waals surface area contributed by atoms with E-state index in [1.54, 1.807) is 22.3 Å². The highest BCUT2D eigenvalue weighted by Crippen LogP contribution is 2.39. The van der Waals surface area contributed by atoms with Gasteiger partial charge in [-0.3, -0.25) is 4.79 Å². The van der Waals surface area contributed by atoms with Crippen molar-refractivity contribution in [3.05, 3.63) is 47.0 Å². The maximum Gasteiger partial charge on any atom is 0.257 e. The fourth-order valence-corrected chi connectivity index (χ4v) is 4.80. The molecule has 138 valence electrons. The van der Waals surface area contributed by atoms with Crippen LogP contribution in [0, 0.1) is 0 Å². The number of carbonyl (C=O) groups excluding carboxylic acids is 1. The van der Waals surface area contributed by atoms with Crippen molar-refractivity contribution in [2.45, 2.75) is 18.8 Å². The number of phenolic OH excluding ortho intramolecular Hbond substituents is 1. The molecule has 1 saturated heterocycles. The molecular weight excluding hydrogens is 364 g/mol. The lowest BCUT2D eigenvalue weighted by atomic mass is 9.97. The normalized spacial score (nSPS) is 16.8. The standard InChI is InChI=1S/C20H18N2O4S/c23-15-10-17-16(25-11-26-17)9-13(15)20(24)22-7-5-12(6-8-22)19-21-14-3-1-2-4-18(14)27-19/h1-4,9-10,12,23H,5-8,11H2. The molecule has 1 fully saturated rings. The Balaban J connectivity index is 1.31. The Morgan fingerprint density at radius 3 is 2.67 bits per heavy atom. The molecule has 0 bridgehead atoms. The van der Waals surface area contributed by atoms with Crippen LogP contribution >= 0.6 is 11.3 Å². The molecule has 0 unspecified atom stereocenters. The van der Waals surface area contributed by atoms with Crippen LogP contribution in [0.2, 0.25) is 0 Å². The average molecular weight is 382 g/mol. The fraction of sp³-hybridized carbons (Fsp3) is 0.300. The number of amides is 1. The number of carbonyl (C=O) groups is 1. The number of nitrogens with zero attached hydrogens (tertiary/aromatic N) is 2. The first-order chi connectivity index (χ1) is 13.2. The van der Waals surface area contributed by atoms with Crippen LogP contribution in [0.4, 0.5) is 0 Å². The van der Waals surface area contributed by atoms with Crippen molar-refractivity contribution in [3.63, 3.8) is 0 Å². The van der Waals surface area contributed by atoms with Gasteiger partial charge in [0.2, 0.25) is 6.79 Å². The zero-order valence-corrected chi connectivity index (χ0v) is 15.4. The smallest absolute Gasteiger partial charge is 0.257 e. The van der Waals surface area contributed by atoms with Gasteiger partial charge in [-0.15, -0.1) is 11.3 Å². The minimum atomic E-state index is -0.173. The van der Waals surface area contributed by atoms with Crippen LogP contribution in [0.1, 0.15) is 34.1 Å². The Morgan fingerprint density at radius 2 is 1.89 bits per heavy atom. The first-order valence-corrected chi connectivity index (χ1v) is 9.78. The molecule has 2 aromatic carbocycles. The third kappa shape index (κ3) is 2.88. The van der Waals surface area contributed by atoms with E-state index in [1.807, 2.05) is 18.2 Å². The van der Waals surface area contributed by atoms with E-state index in [0.29, 0.717) is 30.5 Å². The molecule has 0 aliphatic carbocycles. The molecule has 2 aliphatic rings. The molecule has 0 radical (unpaired) electrons. The number of aromatic nitrogens is 1.